The van der Waals surface area contributed by atoms with Crippen molar-refractivity contribution in [2.24, 2.45) is 5.73 Å². The van der Waals surface area contributed by atoms with Gasteiger partial charge < -0.3 is 11.1 Å². The van der Waals surface area contributed by atoms with E-state index >= 15 is 0 Å². The maximum Gasteiger partial charge on any atom is 0.269 e. The lowest BCUT2D eigenvalue weighted by molar-refractivity contribution is 0.0920. The average molecular weight is 327 g/mol. The first kappa shape index (κ1) is 16.1. The van der Waals surface area contributed by atoms with Gasteiger partial charge in [0.1, 0.15) is 11.5 Å². The van der Waals surface area contributed by atoms with Crippen LogP contribution in [-0.4, -0.2) is 23.3 Å². The highest BCUT2D eigenvalue weighted by Gasteiger charge is 2.38. The molecule has 3 N–H and O–H groups in total. The monoisotopic (exact) mass is 327 g/mol. The Kier molecular flexibility index (Phi) is 4.29. The summed E-state index contributed by atoms with van der Waals surface area (Å²) in [5, 5.41) is 2.89. The van der Waals surface area contributed by atoms with E-state index in [0.717, 1.165) is 24.8 Å². The summed E-state index contributed by atoms with van der Waals surface area (Å²) in [7, 11) is 0. The van der Waals surface area contributed by atoms with E-state index in [-0.39, 0.29) is 28.4 Å². The van der Waals surface area contributed by atoms with Crippen LogP contribution in [0.1, 0.15) is 45.7 Å². The van der Waals surface area contributed by atoms with Gasteiger partial charge in [0.2, 0.25) is 5.91 Å². The molecule has 6 heteroatoms. The van der Waals surface area contributed by atoms with Crippen LogP contribution in [0, 0.1) is 5.82 Å². The van der Waals surface area contributed by atoms with Crippen molar-refractivity contribution in [2.75, 3.05) is 6.54 Å². The maximum absolute atomic E-state index is 13.1. The van der Waals surface area contributed by atoms with Gasteiger partial charge in [0, 0.05) is 18.2 Å². The Morgan fingerprint density at radius 3 is 2.38 bits per heavy atom. The van der Waals surface area contributed by atoms with E-state index in [2.05, 4.69) is 10.3 Å². The zero-order valence-electron chi connectivity index (χ0n) is 13.1. The number of hydrogen-bond acceptors (Lipinski definition) is 3. The van der Waals surface area contributed by atoms with Gasteiger partial charge in [-0.15, -0.1) is 0 Å². The summed E-state index contributed by atoms with van der Waals surface area (Å²) in [6, 6.07) is 9.40. The molecule has 0 radical (unpaired) electrons. The standard InChI is InChI=1S/C18H18FN3O2/c19-14-5-3-13(4-6-14)18(8-1-9-18)11-22-17(24)15-7-2-12(10-21-15)16(20)23/h2-7,10H,1,8-9,11H2,(H2,20,23)(H,22,24). The zero-order chi connectivity index (χ0) is 17.2. The third-order valence-corrected chi connectivity index (χ3v) is 4.64. The fourth-order valence-corrected chi connectivity index (χ4v) is 2.99. The summed E-state index contributed by atoms with van der Waals surface area (Å²) >= 11 is 0. The molecule has 0 bridgehead atoms. The molecule has 0 atom stereocenters. The average Bonchev–Trinajstić information content (AvgIpc) is 2.55. The van der Waals surface area contributed by atoms with E-state index in [1.807, 2.05) is 0 Å². The summed E-state index contributed by atoms with van der Waals surface area (Å²) in [6.45, 7) is 0.469. The molecule has 1 aromatic carbocycles. The molecule has 24 heavy (non-hydrogen) atoms. The molecule has 0 unspecified atom stereocenters. The molecule has 1 aromatic heterocycles. The zero-order valence-corrected chi connectivity index (χ0v) is 13.1. The number of amides is 2. The van der Waals surface area contributed by atoms with Crippen molar-refractivity contribution in [1.29, 1.82) is 0 Å². The van der Waals surface area contributed by atoms with E-state index in [4.69, 9.17) is 5.73 Å². The van der Waals surface area contributed by atoms with Crippen LogP contribution >= 0.6 is 0 Å². The number of primary amides is 1. The molecular weight excluding hydrogens is 309 g/mol. The smallest absolute Gasteiger partial charge is 0.269 e. The van der Waals surface area contributed by atoms with Crippen LogP contribution in [0.4, 0.5) is 4.39 Å². The van der Waals surface area contributed by atoms with Crippen molar-refractivity contribution in [3.8, 4) is 0 Å². The molecule has 124 valence electrons. The second-order valence-corrected chi connectivity index (χ2v) is 6.12. The van der Waals surface area contributed by atoms with Gasteiger partial charge in [-0.25, -0.2) is 4.39 Å². The van der Waals surface area contributed by atoms with Gasteiger partial charge in [0.15, 0.2) is 0 Å². The van der Waals surface area contributed by atoms with Crippen LogP contribution in [0.5, 0.6) is 0 Å². The number of carbonyl (C=O) groups excluding carboxylic acids is 2. The molecule has 1 aliphatic rings. The van der Waals surface area contributed by atoms with Crippen molar-refractivity contribution in [1.82, 2.24) is 10.3 Å². The predicted octanol–water partition coefficient (Wildman–Crippen LogP) is 2.17. The highest BCUT2D eigenvalue weighted by Crippen LogP contribution is 2.43. The number of nitrogens with one attached hydrogen (secondary N) is 1. The fourth-order valence-electron chi connectivity index (χ4n) is 2.99. The Hall–Kier alpha value is -2.76. The molecule has 0 spiro atoms. The first-order valence-electron chi connectivity index (χ1n) is 7.80. The Morgan fingerprint density at radius 2 is 1.88 bits per heavy atom. The number of pyridine rings is 1. The molecule has 1 heterocycles. The van der Waals surface area contributed by atoms with Gasteiger partial charge in [0.25, 0.3) is 5.91 Å². The van der Waals surface area contributed by atoms with Crippen molar-refractivity contribution >= 4 is 11.8 Å². The molecular formula is C18H18FN3O2. The van der Waals surface area contributed by atoms with Gasteiger partial charge in [-0.2, -0.15) is 0 Å². The maximum atomic E-state index is 13.1. The Morgan fingerprint density at radius 1 is 1.17 bits per heavy atom. The number of nitrogens with zero attached hydrogens (tertiary/aromatic N) is 1. The number of nitrogens with two attached hydrogens (primary N) is 1. The van der Waals surface area contributed by atoms with Crippen molar-refractivity contribution < 1.29 is 14.0 Å². The summed E-state index contributed by atoms with van der Waals surface area (Å²) in [5.74, 6) is -1.16. The lowest BCUT2D eigenvalue weighted by atomic mass is 9.64. The van der Waals surface area contributed by atoms with Crippen LogP contribution in [0.25, 0.3) is 0 Å². The van der Waals surface area contributed by atoms with Crippen LogP contribution in [-0.2, 0) is 5.41 Å². The minimum absolute atomic E-state index is 0.142. The second-order valence-electron chi connectivity index (χ2n) is 6.12. The third kappa shape index (κ3) is 3.13. The number of aromatic nitrogens is 1. The van der Waals surface area contributed by atoms with Gasteiger partial charge in [0.05, 0.1) is 5.56 Å². The van der Waals surface area contributed by atoms with Gasteiger partial charge in [-0.05, 0) is 42.7 Å². The minimum Gasteiger partial charge on any atom is -0.366 e. The highest BCUT2D eigenvalue weighted by molar-refractivity contribution is 5.95. The van der Waals surface area contributed by atoms with E-state index in [1.165, 1.54) is 30.5 Å². The largest absolute Gasteiger partial charge is 0.366 e. The number of hydrogen-bond donors (Lipinski definition) is 2. The number of benzene rings is 1. The molecule has 2 aromatic rings. The van der Waals surface area contributed by atoms with Crippen molar-refractivity contribution in [2.45, 2.75) is 24.7 Å². The lowest BCUT2D eigenvalue weighted by Gasteiger charge is -2.42. The first-order chi connectivity index (χ1) is 11.5. The van der Waals surface area contributed by atoms with Crippen LogP contribution < -0.4 is 11.1 Å². The molecule has 1 saturated carbocycles. The molecule has 0 saturated heterocycles. The number of carbonyl (C=O) groups is 2. The van der Waals surface area contributed by atoms with Crippen LogP contribution in [0.15, 0.2) is 42.6 Å². The van der Waals surface area contributed by atoms with E-state index < -0.39 is 5.91 Å². The number of rotatable bonds is 5. The minimum atomic E-state index is -0.584. The first-order valence-corrected chi connectivity index (χ1v) is 7.80. The van der Waals surface area contributed by atoms with Gasteiger partial charge in [-0.3, -0.25) is 14.6 Å². The summed E-state index contributed by atoms with van der Waals surface area (Å²) < 4.78 is 13.1. The van der Waals surface area contributed by atoms with Crippen LogP contribution in [0.3, 0.4) is 0 Å². The fraction of sp³-hybridized carbons (Fsp3) is 0.278. The second kappa shape index (κ2) is 6.39. The predicted molar refractivity (Wildman–Crippen MR) is 87.0 cm³/mol. The third-order valence-electron chi connectivity index (χ3n) is 4.64. The summed E-state index contributed by atoms with van der Waals surface area (Å²) in [4.78, 5) is 27.2. The molecule has 3 rings (SSSR count). The SMILES string of the molecule is NC(=O)c1ccc(C(=O)NCC2(c3ccc(F)cc3)CCC2)nc1. The molecule has 2 amide bonds. The molecule has 1 aliphatic carbocycles. The Balaban J connectivity index is 1.68. The summed E-state index contributed by atoms with van der Waals surface area (Å²) in [6.07, 6.45) is 4.27. The lowest BCUT2D eigenvalue weighted by Crippen LogP contribution is -2.45. The summed E-state index contributed by atoms with van der Waals surface area (Å²) in [5.41, 5.74) is 6.53. The van der Waals surface area contributed by atoms with Crippen LogP contribution in [0.2, 0.25) is 0 Å². The van der Waals surface area contributed by atoms with E-state index in [9.17, 15) is 14.0 Å². The van der Waals surface area contributed by atoms with E-state index in [1.54, 1.807) is 12.1 Å². The topological polar surface area (TPSA) is 85.1 Å². The Bertz CT molecular complexity index is 753. The van der Waals surface area contributed by atoms with Crippen molar-refractivity contribution in [3.05, 3.63) is 65.2 Å². The van der Waals surface area contributed by atoms with Gasteiger partial charge in [-0.1, -0.05) is 18.6 Å². The molecule has 0 aliphatic heterocycles. The number of halogens is 1. The molecule has 5 nitrogen and oxygen atoms in total. The highest BCUT2D eigenvalue weighted by atomic mass is 19.1. The normalized spacial score (nSPS) is 15.4. The Labute approximate surface area is 139 Å². The molecule has 1 fully saturated rings. The van der Waals surface area contributed by atoms with Gasteiger partial charge >= 0.3 is 0 Å². The van der Waals surface area contributed by atoms with Crippen molar-refractivity contribution in [3.63, 3.8) is 0 Å². The van der Waals surface area contributed by atoms with E-state index in [0.29, 0.717) is 6.54 Å². The quantitative estimate of drug-likeness (QED) is 0.882.